The van der Waals surface area contributed by atoms with Gasteiger partial charge >= 0.3 is 0 Å². The van der Waals surface area contributed by atoms with E-state index in [1.54, 1.807) is 19.1 Å². The average Bonchev–Trinajstić information content (AvgIpc) is 2.69. The predicted octanol–water partition coefficient (Wildman–Crippen LogP) is 3.93. The van der Waals surface area contributed by atoms with Crippen LogP contribution >= 0.6 is 0 Å². The van der Waals surface area contributed by atoms with Crippen molar-refractivity contribution < 1.29 is 17.9 Å². The molecule has 2 aromatic rings. The highest BCUT2D eigenvalue weighted by molar-refractivity contribution is 7.89. The molecule has 0 aromatic heterocycles. The Morgan fingerprint density at radius 3 is 2.45 bits per heavy atom. The summed E-state index contributed by atoms with van der Waals surface area (Å²) in [7, 11) is -3.56. The molecule has 1 amide bonds. The van der Waals surface area contributed by atoms with E-state index in [0.717, 1.165) is 36.9 Å². The second-order valence-electron chi connectivity index (χ2n) is 7.54. The summed E-state index contributed by atoms with van der Waals surface area (Å²) in [6.07, 6.45) is 5.05. The number of nitrogens with one attached hydrogen (secondary N) is 2. The van der Waals surface area contributed by atoms with Gasteiger partial charge in [-0.05, 0) is 62.1 Å². The maximum absolute atomic E-state index is 12.6. The molecule has 156 valence electrons. The fraction of sp³-hybridized carbons (Fsp3) is 0.409. The molecule has 0 atom stereocenters. The standard InChI is InChI=1S/C22H28N2O4S/c1-16-8-6-7-11-20(16)23-22(25)15-28-21-13-12-19(14-17(21)2)29(26,27)24-18-9-4-3-5-10-18/h6-8,11-14,18,24H,3-5,9-10,15H2,1-2H3,(H,23,25). The monoisotopic (exact) mass is 416 g/mol. The van der Waals surface area contributed by atoms with Gasteiger partial charge in [0.1, 0.15) is 5.75 Å². The van der Waals surface area contributed by atoms with E-state index in [2.05, 4.69) is 10.0 Å². The van der Waals surface area contributed by atoms with Gasteiger partial charge in [-0.2, -0.15) is 0 Å². The highest BCUT2D eigenvalue weighted by atomic mass is 32.2. The van der Waals surface area contributed by atoms with Gasteiger partial charge < -0.3 is 10.1 Å². The number of aryl methyl sites for hydroxylation is 2. The predicted molar refractivity (Wildman–Crippen MR) is 114 cm³/mol. The molecule has 0 spiro atoms. The number of ether oxygens (including phenoxy) is 1. The van der Waals surface area contributed by atoms with E-state index in [0.29, 0.717) is 11.3 Å². The summed E-state index contributed by atoms with van der Waals surface area (Å²) >= 11 is 0. The summed E-state index contributed by atoms with van der Waals surface area (Å²) in [6.45, 7) is 3.54. The minimum Gasteiger partial charge on any atom is -0.483 e. The van der Waals surface area contributed by atoms with Crippen LogP contribution in [-0.2, 0) is 14.8 Å². The average molecular weight is 417 g/mol. The number of rotatable bonds is 7. The molecule has 1 aliphatic carbocycles. The Kier molecular flexibility index (Phi) is 6.92. The number of amides is 1. The SMILES string of the molecule is Cc1ccccc1NC(=O)COc1ccc(S(=O)(=O)NC2CCCCC2)cc1C. The van der Waals surface area contributed by atoms with Crippen LogP contribution in [0, 0.1) is 13.8 Å². The van der Waals surface area contributed by atoms with E-state index in [4.69, 9.17) is 4.74 Å². The fourth-order valence-corrected chi connectivity index (χ4v) is 4.89. The number of para-hydroxylation sites is 1. The topological polar surface area (TPSA) is 84.5 Å². The van der Waals surface area contributed by atoms with Gasteiger partial charge in [-0.1, -0.05) is 37.5 Å². The van der Waals surface area contributed by atoms with Crippen molar-refractivity contribution in [1.82, 2.24) is 4.72 Å². The lowest BCUT2D eigenvalue weighted by molar-refractivity contribution is -0.118. The Morgan fingerprint density at radius 2 is 1.76 bits per heavy atom. The first-order valence-corrected chi connectivity index (χ1v) is 11.4. The van der Waals surface area contributed by atoms with Crippen LogP contribution in [0.4, 0.5) is 5.69 Å². The summed E-state index contributed by atoms with van der Waals surface area (Å²) in [4.78, 5) is 12.4. The summed E-state index contributed by atoms with van der Waals surface area (Å²) in [5.41, 5.74) is 2.38. The van der Waals surface area contributed by atoms with Gasteiger partial charge in [-0.25, -0.2) is 13.1 Å². The third kappa shape index (κ3) is 5.81. The molecule has 0 heterocycles. The molecule has 6 nitrogen and oxygen atoms in total. The summed E-state index contributed by atoms with van der Waals surface area (Å²) in [5.74, 6) is 0.218. The molecule has 1 fully saturated rings. The fourth-order valence-electron chi connectivity index (χ4n) is 3.50. The zero-order valence-electron chi connectivity index (χ0n) is 16.9. The molecule has 0 radical (unpaired) electrons. The van der Waals surface area contributed by atoms with E-state index >= 15 is 0 Å². The Morgan fingerprint density at radius 1 is 1.03 bits per heavy atom. The van der Waals surface area contributed by atoms with E-state index in [1.165, 1.54) is 12.5 Å². The molecule has 3 rings (SSSR count). The Bertz CT molecular complexity index is 967. The minimum absolute atomic E-state index is 0.00937. The maximum atomic E-state index is 12.6. The van der Waals surface area contributed by atoms with Crippen molar-refractivity contribution in [1.29, 1.82) is 0 Å². The highest BCUT2D eigenvalue weighted by Gasteiger charge is 2.22. The van der Waals surface area contributed by atoms with Crippen LogP contribution in [-0.4, -0.2) is 27.0 Å². The van der Waals surface area contributed by atoms with Crippen LogP contribution in [0.5, 0.6) is 5.75 Å². The van der Waals surface area contributed by atoms with Gasteiger partial charge in [-0.3, -0.25) is 4.79 Å². The number of carbonyl (C=O) groups is 1. The lowest BCUT2D eigenvalue weighted by atomic mass is 9.96. The second-order valence-corrected chi connectivity index (χ2v) is 9.25. The molecule has 1 aliphatic rings. The lowest BCUT2D eigenvalue weighted by Crippen LogP contribution is -2.36. The normalized spacial score (nSPS) is 15.1. The summed E-state index contributed by atoms with van der Waals surface area (Å²) in [5, 5.41) is 2.81. The smallest absolute Gasteiger partial charge is 0.262 e. The third-order valence-corrected chi connectivity index (χ3v) is 6.68. The number of carbonyl (C=O) groups excluding carboxylic acids is 1. The molecule has 2 N–H and O–H groups in total. The maximum Gasteiger partial charge on any atom is 0.262 e. The highest BCUT2D eigenvalue weighted by Crippen LogP contribution is 2.24. The Labute approximate surface area is 172 Å². The van der Waals surface area contributed by atoms with Crippen molar-refractivity contribution in [3.63, 3.8) is 0 Å². The van der Waals surface area contributed by atoms with E-state index in [-0.39, 0.29) is 23.5 Å². The Balaban J connectivity index is 1.60. The number of hydrogen-bond donors (Lipinski definition) is 2. The van der Waals surface area contributed by atoms with Crippen LogP contribution in [0.15, 0.2) is 47.4 Å². The van der Waals surface area contributed by atoms with E-state index < -0.39 is 10.0 Å². The number of sulfonamides is 1. The van der Waals surface area contributed by atoms with E-state index in [1.807, 2.05) is 31.2 Å². The first-order valence-electron chi connectivity index (χ1n) is 9.96. The van der Waals surface area contributed by atoms with Crippen molar-refractivity contribution in [2.45, 2.75) is 56.9 Å². The van der Waals surface area contributed by atoms with Gasteiger partial charge in [0.25, 0.3) is 5.91 Å². The van der Waals surface area contributed by atoms with Gasteiger partial charge in [-0.15, -0.1) is 0 Å². The molecule has 0 bridgehead atoms. The number of hydrogen-bond acceptors (Lipinski definition) is 4. The van der Waals surface area contributed by atoms with Crippen molar-refractivity contribution in [2.75, 3.05) is 11.9 Å². The van der Waals surface area contributed by atoms with Crippen molar-refractivity contribution >= 4 is 21.6 Å². The summed E-state index contributed by atoms with van der Waals surface area (Å²) < 4.78 is 33.7. The number of benzene rings is 2. The van der Waals surface area contributed by atoms with Crippen molar-refractivity contribution in [3.8, 4) is 5.75 Å². The molecule has 1 saturated carbocycles. The van der Waals surface area contributed by atoms with Gasteiger partial charge in [0.2, 0.25) is 10.0 Å². The summed E-state index contributed by atoms with van der Waals surface area (Å²) in [6, 6.07) is 12.2. The van der Waals surface area contributed by atoms with Crippen LogP contribution in [0.2, 0.25) is 0 Å². The van der Waals surface area contributed by atoms with Gasteiger partial charge in [0.15, 0.2) is 6.61 Å². The lowest BCUT2D eigenvalue weighted by Gasteiger charge is -2.22. The molecular formula is C22H28N2O4S. The largest absolute Gasteiger partial charge is 0.483 e. The van der Waals surface area contributed by atoms with Crippen LogP contribution < -0.4 is 14.8 Å². The quantitative estimate of drug-likeness (QED) is 0.716. The number of anilines is 1. The van der Waals surface area contributed by atoms with Gasteiger partial charge in [0, 0.05) is 11.7 Å². The molecule has 0 aliphatic heterocycles. The minimum atomic E-state index is -3.56. The first-order chi connectivity index (χ1) is 13.8. The van der Waals surface area contributed by atoms with Crippen LogP contribution in [0.25, 0.3) is 0 Å². The first kappa shape index (κ1) is 21.3. The third-order valence-electron chi connectivity index (χ3n) is 5.16. The molecule has 29 heavy (non-hydrogen) atoms. The second kappa shape index (κ2) is 9.41. The molecule has 7 heteroatoms. The molecule has 2 aromatic carbocycles. The molecule has 0 unspecified atom stereocenters. The van der Waals surface area contributed by atoms with Gasteiger partial charge in [0.05, 0.1) is 4.90 Å². The van der Waals surface area contributed by atoms with Crippen LogP contribution in [0.3, 0.4) is 0 Å². The van der Waals surface area contributed by atoms with E-state index in [9.17, 15) is 13.2 Å². The van der Waals surface area contributed by atoms with Crippen LogP contribution in [0.1, 0.15) is 43.2 Å². The zero-order valence-corrected chi connectivity index (χ0v) is 17.7. The molecular weight excluding hydrogens is 388 g/mol. The van der Waals surface area contributed by atoms with Crippen molar-refractivity contribution in [3.05, 3.63) is 53.6 Å². The Hall–Kier alpha value is -2.38. The van der Waals surface area contributed by atoms with Crippen molar-refractivity contribution in [2.24, 2.45) is 0 Å². The molecule has 0 saturated heterocycles. The zero-order chi connectivity index (χ0) is 20.9.